The average molecular weight is 419 g/mol. The lowest BCUT2D eigenvalue weighted by molar-refractivity contribution is 0.346. The highest BCUT2D eigenvalue weighted by Crippen LogP contribution is 2.21. The Morgan fingerprint density at radius 3 is 2.52 bits per heavy atom. The molecule has 0 saturated carbocycles. The summed E-state index contributed by atoms with van der Waals surface area (Å²) in [5.74, 6) is 1.66. The molecular weight excluding hydrogens is 388 g/mol. The molecule has 7 nitrogen and oxygen atoms in total. The van der Waals surface area contributed by atoms with Crippen LogP contribution in [0.4, 0.5) is 0 Å². The van der Waals surface area contributed by atoms with Gasteiger partial charge in [0.15, 0.2) is 5.96 Å². The first-order valence-corrected chi connectivity index (χ1v) is 11.7. The molecule has 1 aliphatic rings. The molecule has 1 aromatic carbocycles. The third kappa shape index (κ3) is 6.08. The molecule has 2 N–H and O–H groups in total. The third-order valence-corrected chi connectivity index (χ3v) is 6.80. The van der Waals surface area contributed by atoms with E-state index >= 15 is 0 Å². The molecular formula is C21H30N4O3S. The Bertz CT molecular complexity index is 871. The van der Waals surface area contributed by atoms with Crippen LogP contribution in [0, 0.1) is 0 Å². The van der Waals surface area contributed by atoms with Gasteiger partial charge in [-0.1, -0.05) is 18.6 Å². The van der Waals surface area contributed by atoms with Crippen molar-refractivity contribution in [1.82, 2.24) is 14.9 Å². The Kier molecular flexibility index (Phi) is 7.71. The predicted molar refractivity (Wildman–Crippen MR) is 114 cm³/mol. The maximum atomic E-state index is 12.7. The van der Waals surface area contributed by atoms with Crippen LogP contribution in [0.25, 0.3) is 0 Å². The van der Waals surface area contributed by atoms with Crippen molar-refractivity contribution in [3.05, 3.63) is 54.0 Å². The molecule has 0 amide bonds. The van der Waals surface area contributed by atoms with Crippen molar-refractivity contribution >= 4 is 16.0 Å². The van der Waals surface area contributed by atoms with Crippen LogP contribution in [0.2, 0.25) is 0 Å². The normalized spacial score (nSPS) is 16.0. The van der Waals surface area contributed by atoms with Crippen molar-refractivity contribution in [2.24, 2.45) is 4.99 Å². The quantitative estimate of drug-likeness (QED) is 0.508. The van der Waals surface area contributed by atoms with Gasteiger partial charge >= 0.3 is 0 Å². The third-order valence-electron chi connectivity index (χ3n) is 4.88. The van der Waals surface area contributed by atoms with Gasteiger partial charge in [-0.25, -0.2) is 13.4 Å². The molecule has 29 heavy (non-hydrogen) atoms. The lowest BCUT2D eigenvalue weighted by Gasteiger charge is -2.25. The van der Waals surface area contributed by atoms with Gasteiger partial charge in [0, 0.05) is 32.6 Å². The standard InChI is InChI=1S/C21H30N4O3S/c1-2-22-21(23-13-12-19-7-6-16-28-19)24-17-18-8-10-20(11-9-18)29(26,27)25-14-4-3-5-15-25/h6-11,16H,2-5,12-15,17H2,1H3,(H2,22,23,24). The van der Waals surface area contributed by atoms with Crippen molar-refractivity contribution in [3.8, 4) is 0 Å². The second-order valence-electron chi connectivity index (χ2n) is 7.06. The summed E-state index contributed by atoms with van der Waals surface area (Å²) in [5, 5.41) is 6.50. The van der Waals surface area contributed by atoms with Gasteiger partial charge < -0.3 is 15.1 Å². The molecule has 0 atom stereocenters. The molecule has 0 unspecified atom stereocenters. The number of rotatable bonds is 8. The van der Waals surface area contributed by atoms with Crippen molar-refractivity contribution in [3.63, 3.8) is 0 Å². The lowest BCUT2D eigenvalue weighted by atomic mass is 10.2. The fourth-order valence-corrected chi connectivity index (χ4v) is 4.81. The van der Waals surface area contributed by atoms with Gasteiger partial charge in [-0.15, -0.1) is 0 Å². The van der Waals surface area contributed by atoms with Crippen LogP contribution in [0.1, 0.15) is 37.5 Å². The van der Waals surface area contributed by atoms with Crippen LogP contribution in [0.3, 0.4) is 0 Å². The van der Waals surface area contributed by atoms with Gasteiger partial charge in [-0.2, -0.15) is 4.31 Å². The van der Waals surface area contributed by atoms with Crippen LogP contribution in [-0.4, -0.2) is 44.9 Å². The summed E-state index contributed by atoms with van der Waals surface area (Å²) < 4.78 is 32.4. The number of guanidine groups is 1. The number of sulfonamides is 1. The van der Waals surface area contributed by atoms with Gasteiger partial charge in [0.25, 0.3) is 0 Å². The summed E-state index contributed by atoms with van der Waals surface area (Å²) in [4.78, 5) is 4.95. The number of furan rings is 1. The molecule has 2 aromatic rings. The SMILES string of the molecule is CCNC(=NCc1ccc(S(=O)(=O)N2CCCCC2)cc1)NCCc1ccco1. The number of piperidine rings is 1. The zero-order valence-electron chi connectivity index (χ0n) is 16.9. The second-order valence-corrected chi connectivity index (χ2v) is 9.00. The van der Waals surface area contributed by atoms with Crippen molar-refractivity contribution in [2.45, 2.75) is 44.0 Å². The predicted octanol–water partition coefficient (Wildman–Crippen LogP) is 2.75. The van der Waals surface area contributed by atoms with Gasteiger partial charge in [0.05, 0.1) is 17.7 Å². The van der Waals surface area contributed by atoms with E-state index in [1.165, 1.54) is 0 Å². The van der Waals surface area contributed by atoms with E-state index in [0.717, 1.165) is 49.5 Å². The second kappa shape index (κ2) is 10.5. The zero-order chi connectivity index (χ0) is 20.5. The molecule has 2 heterocycles. The molecule has 1 fully saturated rings. The van der Waals surface area contributed by atoms with Crippen molar-refractivity contribution < 1.29 is 12.8 Å². The molecule has 0 bridgehead atoms. The van der Waals surface area contributed by atoms with E-state index in [-0.39, 0.29) is 0 Å². The van der Waals surface area contributed by atoms with Crippen LogP contribution in [0.5, 0.6) is 0 Å². The van der Waals surface area contributed by atoms with E-state index in [2.05, 4.69) is 15.6 Å². The highest BCUT2D eigenvalue weighted by molar-refractivity contribution is 7.89. The highest BCUT2D eigenvalue weighted by atomic mass is 32.2. The molecule has 1 aliphatic heterocycles. The topological polar surface area (TPSA) is 86.9 Å². The Hall–Kier alpha value is -2.32. The Labute approximate surface area is 173 Å². The first kappa shape index (κ1) is 21.4. The van der Waals surface area contributed by atoms with Crippen LogP contribution >= 0.6 is 0 Å². The Morgan fingerprint density at radius 1 is 1.10 bits per heavy atom. The number of hydrogen-bond acceptors (Lipinski definition) is 4. The summed E-state index contributed by atoms with van der Waals surface area (Å²) >= 11 is 0. The molecule has 3 rings (SSSR count). The van der Waals surface area contributed by atoms with E-state index < -0.39 is 10.0 Å². The van der Waals surface area contributed by atoms with Crippen LogP contribution in [0.15, 0.2) is 57.0 Å². The lowest BCUT2D eigenvalue weighted by Crippen LogP contribution is -2.38. The van der Waals surface area contributed by atoms with Gasteiger partial charge in [-0.3, -0.25) is 0 Å². The smallest absolute Gasteiger partial charge is 0.243 e. The summed E-state index contributed by atoms with van der Waals surface area (Å²) in [6.45, 7) is 5.20. The fourth-order valence-electron chi connectivity index (χ4n) is 3.29. The Balaban J connectivity index is 1.57. The van der Waals surface area contributed by atoms with E-state index in [1.54, 1.807) is 22.7 Å². The first-order valence-electron chi connectivity index (χ1n) is 10.2. The monoisotopic (exact) mass is 418 g/mol. The van der Waals surface area contributed by atoms with Crippen LogP contribution in [-0.2, 0) is 23.0 Å². The largest absolute Gasteiger partial charge is 0.469 e. The maximum Gasteiger partial charge on any atom is 0.243 e. The minimum atomic E-state index is -3.39. The molecule has 1 aromatic heterocycles. The first-order chi connectivity index (χ1) is 14.1. The highest BCUT2D eigenvalue weighted by Gasteiger charge is 2.25. The number of hydrogen-bond donors (Lipinski definition) is 2. The molecule has 0 aliphatic carbocycles. The van der Waals surface area contributed by atoms with Gasteiger partial charge in [0.1, 0.15) is 5.76 Å². The van der Waals surface area contributed by atoms with Crippen molar-refractivity contribution in [2.75, 3.05) is 26.2 Å². The van der Waals surface area contributed by atoms with Crippen LogP contribution < -0.4 is 10.6 Å². The summed E-state index contributed by atoms with van der Waals surface area (Å²) in [5.41, 5.74) is 0.964. The maximum absolute atomic E-state index is 12.7. The summed E-state index contributed by atoms with van der Waals surface area (Å²) in [6, 6.07) is 10.9. The molecule has 0 radical (unpaired) electrons. The number of nitrogens with zero attached hydrogens (tertiary/aromatic N) is 2. The summed E-state index contributed by atoms with van der Waals surface area (Å²) in [7, 11) is -3.39. The molecule has 8 heteroatoms. The minimum absolute atomic E-state index is 0.357. The number of aliphatic imine (C=N–C) groups is 1. The Morgan fingerprint density at radius 2 is 1.86 bits per heavy atom. The van der Waals surface area contributed by atoms with Gasteiger partial charge in [-0.05, 0) is 49.6 Å². The van der Waals surface area contributed by atoms with Gasteiger partial charge in [0.2, 0.25) is 10.0 Å². The van der Waals surface area contributed by atoms with E-state index in [0.29, 0.717) is 31.1 Å². The van der Waals surface area contributed by atoms with E-state index in [1.807, 2.05) is 31.2 Å². The fraction of sp³-hybridized carbons (Fsp3) is 0.476. The zero-order valence-corrected chi connectivity index (χ0v) is 17.7. The number of nitrogens with one attached hydrogen (secondary N) is 2. The molecule has 0 spiro atoms. The minimum Gasteiger partial charge on any atom is -0.469 e. The summed E-state index contributed by atoms with van der Waals surface area (Å²) in [6.07, 6.45) is 5.43. The molecule has 158 valence electrons. The average Bonchev–Trinajstić information content (AvgIpc) is 3.26. The van der Waals surface area contributed by atoms with Crippen molar-refractivity contribution in [1.29, 1.82) is 0 Å². The van der Waals surface area contributed by atoms with E-state index in [4.69, 9.17) is 4.42 Å². The number of benzene rings is 1. The molecule has 1 saturated heterocycles. The van der Waals surface area contributed by atoms with E-state index in [9.17, 15) is 8.42 Å².